The van der Waals surface area contributed by atoms with Crippen LogP contribution in [-0.4, -0.2) is 91.5 Å². The highest BCUT2D eigenvalue weighted by molar-refractivity contribution is 5.93. The summed E-state index contributed by atoms with van der Waals surface area (Å²) < 4.78 is 35.9. The van der Waals surface area contributed by atoms with Crippen LogP contribution in [0.4, 0.5) is 9.59 Å². The second-order valence-electron chi connectivity index (χ2n) is 13.3. The number of hydrogen-bond acceptors (Lipinski definition) is 9. The molecule has 0 bridgehead atoms. The Morgan fingerprint density at radius 1 is 0.809 bits per heavy atom. The van der Waals surface area contributed by atoms with Crippen LogP contribution < -0.4 is 0 Å². The largest absolute Gasteiger partial charge is 0.443 e. The van der Waals surface area contributed by atoms with Crippen molar-refractivity contribution >= 4 is 30.6 Å². The fourth-order valence-corrected chi connectivity index (χ4v) is 4.69. The molecule has 47 heavy (non-hydrogen) atoms. The summed E-state index contributed by atoms with van der Waals surface area (Å²) in [7, 11) is 0. The van der Waals surface area contributed by atoms with E-state index in [0.29, 0.717) is 11.2 Å². The van der Waals surface area contributed by atoms with E-state index in [2.05, 4.69) is 0 Å². The fraction of sp³-hybridized carbons (Fsp3) is 0.486. The van der Waals surface area contributed by atoms with Crippen molar-refractivity contribution in [3.63, 3.8) is 0 Å². The van der Waals surface area contributed by atoms with Crippen LogP contribution in [-0.2, 0) is 33.2 Å². The average Bonchev–Trinajstić information content (AvgIpc) is 3.06. The molecule has 0 radical (unpaired) electrons. The van der Waals surface area contributed by atoms with Gasteiger partial charge in [-0.05, 0) is 59.6 Å². The summed E-state index contributed by atoms with van der Waals surface area (Å²) in [5.41, 5.74) is -1.78. The maximum Gasteiger partial charge on any atom is 0.420 e. The molecule has 4 atom stereocenters. The number of amides is 2. The summed E-state index contributed by atoms with van der Waals surface area (Å²) in [6.07, 6.45) is 4.11. The SMILES string of the molecule is C[C@@H]1OC[C@@](C=O)(N(C(=O)OC(C)(C)C)C(=O)OC(C)(C)C)COC[C@H](OC/C=C/c2ccccc2)[C@H]1OC/C=C/c1ccccc1. The zero-order chi connectivity index (χ0) is 34.5. The number of carbonyl (C=O) groups is 3. The minimum absolute atomic E-state index is 0.0218. The van der Waals surface area contributed by atoms with Crippen LogP contribution in [0.15, 0.2) is 72.8 Å². The molecule has 0 aliphatic carbocycles. The number of rotatable bonds is 10. The molecular formula is C37H49NO9. The van der Waals surface area contributed by atoms with Crippen molar-refractivity contribution in [3.8, 4) is 0 Å². The molecule has 1 heterocycles. The lowest BCUT2D eigenvalue weighted by Gasteiger charge is -2.39. The first-order valence-electron chi connectivity index (χ1n) is 15.8. The van der Waals surface area contributed by atoms with Crippen molar-refractivity contribution in [1.29, 1.82) is 0 Å². The van der Waals surface area contributed by atoms with Crippen LogP contribution >= 0.6 is 0 Å². The van der Waals surface area contributed by atoms with Gasteiger partial charge in [0.2, 0.25) is 0 Å². The van der Waals surface area contributed by atoms with Gasteiger partial charge < -0.3 is 33.2 Å². The maximum atomic E-state index is 13.5. The Bertz CT molecular complexity index is 1300. The average molecular weight is 652 g/mol. The first-order chi connectivity index (χ1) is 22.2. The van der Waals surface area contributed by atoms with Crippen LogP contribution in [0.2, 0.25) is 0 Å². The highest BCUT2D eigenvalue weighted by Gasteiger charge is 2.50. The van der Waals surface area contributed by atoms with Crippen molar-refractivity contribution in [2.75, 3.05) is 33.0 Å². The number of nitrogens with zero attached hydrogens (tertiary/aromatic N) is 1. The van der Waals surface area contributed by atoms with Crippen molar-refractivity contribution in [1.82, 2.24) is 4.90 Å². The number of hydrogen-bond donors (Lipinski definition) is 0. The maximum absolute atomic E-state index is 13.5. The van der Waals surface area contributed by atoms with Gasteiger partial charge in [0.15, 0.2) is 11.8 Å². The Kier molecular flexibility index (Phi) is 13.9. The summed E-state index contributed by atoms with van der Waals surface area (Å²) in [5.74, 6) is 0. The lowest BCUT2D eigenvalue weighted by molar-refractivity contribution is -0.138. The Morgan fingerprint density at radius 2 is 1.30 bits per heavy atom. The van der Waals surface area contributed by atoms with Gasteiger partial charge in [0.25, 0.3) is 0 Å². The number of carbonyl (C=O) groups excluding carboxylic acids is 3. The minimum Gasteiger partial charge on any atom is -0.443 e. The van der Waals surface area contributed by atoms with Gasteiger partial charge in [-0.15, -0.1) is 0 Å². The molecule has 10 heteroatoms. The van der Waals surface area contributed by atoms with Gasteiger partial charge in [-0.1, -0.05) is 85.0 Å². The molecule has 0 spiro atoms. The normalized spacial score (nSPS) is 22.7. The molecule has 0 aromatic heterocycles. The van der Waals surface area contributed by atoms with E-state index in [1.165, 1.54) is 0 Å². The van der Waals surface area contributed by atoms with E-state index < -0.39 is 53.8 Å². The van der Waals surface area contributed by atoms with Gasteiger partial charge in [0.1, 0.15) is 23.4 Å². The molecule has 0 unspecified atom stereocenters. The van der Waals surface area contributed by atoms with Gasteiger partial charge in [-0.3, -0.25) is 0 Å². The van der Waals surface area contributed by atoms with Gasteiger partial charge >= 0.3 is 12.2 Å². The molecule has 2 aromatic rings. The van der Waals surface area contributed by atoms with E-state index in [0.717, 1.165) is 11.1 Å². The molecule has 2 amide bonds. The van der Waals surface area contributed by atoms with Crippen molar-refractivity contribution in [3.05, 3.63) is 83.9 Å². The Hall–Kier alpha value is -3.83. The molecule has 0 saturated carbocycles. The molecule has 3 rings (SSSR count). The highest BCUT2D eigenvalue weighted by atomic mass is 16.6. The first kappa shape index (κ1) is 37.6. The summed E-state index contributed by atoms with van der Waals surface area (Å²) in [5, 5.41) is 0. The predicted octanol–water partition coefficient (Wildman–Crippen LogP) is 6.73. The quantitative estimate of drug-likeness (QED) is 0.258. The Balaban J connectivity index is 1.88. The molecule has 1 saturated heterocycles. The summed E-state index contributed by atoms with van der Waals surface area (Å²) >= 11 is 0. The second kappa shape index (κ2) is 17.4. The van der Waals surface area contributed by atoms with Gasteiger partial charge in [0.05, 0.1) is 39.1 Å². The molecule has 0 N–H and O–H groups in total. The number of benzene rings is 2. The van der Waals surface area contributed by atoms with Gasteiger partial charge in [0, 0.05) is 0 Å². The number of imide groups is 1. The van der Waals surface area contributed by atoms with E-state index in [-0.39, 0.29) is 26.4 Å². The summed E-state index contributed by atoms with van der Waals surface area (Å²) in [4.78, 5) is 40.6. The Labute approximate surface area is 278 Å². The number of aldehydes is 1. The van der Waals surface area contributed by atoms with Gasteiger partial charge in [-0.25, -0.2) is 9.59 Å². The van der Waals surface area contributed by atoms with E-state index in [1.54, 1.807) is 48.5 Å². The minimum atomic E-state index is -1.90. The summed E-state index contributed by atoms with van der Waals surface area (Å²) in [6.45, 7) is 11.4. The fourth-order valence-electron chi connectivity index (χ4n) is 4.69. The van der Waals surface area contributed by atoms with E-state index in [9.17, 15) is 14.4 Å². The van der Waals surface area contributed by atoms with E-state index >= 15 is 0 Å². The molecule has 10 nitrogen and oxygen atoms in total. The standard InChI is InChI=1S/C37H49NO9/c1-28-32(44-23-15-21-30-18-12-9-13-19-30)31(43-22-14-20-29-16-10-8-11-17-29)24-42-26-37(25-39,27-45-28)38(33(40)46-35(2,3)4)34(41)47-36(5,6)7/h8-21,25,28,31-32H,22-24,26-27H2,1-7H3/b20-14+,21-15+/t28-,31-,32-,37-/m0/s1. The van der Waals surface area contributed by atoms with E-state index in [4.69, 9.17) is 28.4 Å². The molecular weight excluding hydrogens is 602 g/mol. The van der Waals surface area contributed by atoms with Gasteiger partial charge in [-0.2, -0.15) is 4.90 Å². The monoisotopic (exact) mass is 651 g/mol. The Morgan fingerprint density at radius 3 is 1.77 bits per heavy atom. The third-order valence-corrected chi connectivity index (χ3v) is 6.89. The van der Waals surface area contributed by atoms with Crippen LogP contribution in [0.5, 0.6) is 0 Å². The van der Waals surface area contributed by atoms with Crippen LogP contribution in [0.1, 0.15) is 59.6 Å². The molecule has 1 fully saturated rings. The third kappa shape index (κ3) is 12.4. The predicted molar refractivity (Wildman–Crippen MR) is 180 cm³/mol. The van der Waals surface area contributed by atoms with Crippen molar-refractivity contribution in [2.24, 2.45) is 0 Å². The molecule has 2 aromatic carbocycles. The smallest absolute Gasteiger partial charge is 0.420 e. The molecule has 1 aliphatic rings. The van der Waals surface area contributed by atoms with Crippen LogP contribution in [0.25, 0.3) is 12.2 Å². The molecule has 256 valence electrons. The third-order valence-electron chi connectivity index (χ3n) is 6.89. The topological polar surface area (TPSA) is 110 Å². The summed E-state index contributed by atoms with van der Waals surface area (Å²) in [6, 6.07) is 19.7. The lowest BCUT2D eigenvalue weighted by Crippen LogP contribution is -2.63. The lowest BCUT2D eigenvalue weighted by atomic mass is 10.0. The van der Waals surface area contributed by atoms with E-state index in [1.807, 2.05) is 85.0 Å². The van der Waals surface area contributed by atoms with Crippen LogP contribution in [0, 0.1) is 0 Å². The zero-order valence-corrected chi connectivity index (χ0v) is 28.5. The highest BCUT2D eigenvalue weighted by Crippen LogP contribution is 2.26. The molecule has 1 aliphatic heterocycles. The van der Waals surface area contributed by atoms with Crippen LogP contribution in [0.3, 0.4) is 0 Å². The van der Waals surface area contributed by atoms with Crippen molar-refractivity contribution < 1.29 is 42.8 Å². The van der Waals surface area contributed by atoms with Crippen molar-refractivity contribution in [2.45, 2.75) is 83.5 Å². The zero-order valence-electron chi connectivity index (χ0n) is 28.5. The first-order valence-corrected chi connectivity index (χ1v) is 15.8. The second-order valence-corrected chi connectivity index (χ2v) is 13.3. The number of ether oxygens (including phenoxy) is 6.